The van der Waals surface area contributed by atoms with Gasteiger partial charge in [0.05, 0.1) is 6.04 Å². The second kappa shape index (κ2) is 9.13. The average Bonchev–Trinajstić information content (AvgIpc) is 2.49. The van der Waals surface area contributed by atoms with Crippen LogP contribution in [0.1, 0.15) is 44.2 Å². The highest BCUT2D eigenvalue weighted by molar-refractivity contribution is 5.76. The van der Waals surface area contributed by atoms with Gasteiger partial charge in [0.1, 0.15) is 0 Å². The zero-order valence-corrected chi connectivity index (χ0v) is 12.4. The Kier molecular flexibility index (Phi) is 7.46. The average molecular weight is 292 g/mol. The van der Waals surface area contributed by atoms with Gasteiger partial charge in [0.2, 0.25) is 5.91 Å². The summed E-state index contributed by atoms with van der Waals surface area (Å²) in [6.45, 7) is 2.57. The van der Waals surface area contributed by atoms with Gasteiger partial charge in [-0.05, 0) is 30.9 Å². The molecule has 2 atom stereocenters. The van der Waals surface area contributed by atoms with Gasteiger partial charge in [-0.15, -0.1) is 0 Å². The van der Waals surface area contributed by atoms with Gasteiger partial charge >= 0.3 is 5.97 Å². The molecular formula is C16H24N2O3. The van der Waals surface area contributed by atoms with E-state index in [1.54, 1.807) is 0 Å². The SMILES string of the molecule is CC(CN)CCC(=O)NC(CCC(=O)O)c1ccccc1. The first-order chi connectivity index (χ1) is 10.0. The Balaban J connectivity index is 2.60. The van der Waals surface area contributed by atoms with Gasteiger partial charge in [0, 0.05) is 12.8 Å². The Morgan fingerprint density at radius 3 is 2.43 bits per heavy atom. The molecule has 1 aromatic rings. The van der Waals surface area contributed by atoms with Crippen molar-refractivity contribution >= 4 is 11.9 Å². The van der Waals surface area contributed by atoms with Crippen molar-refractivity contribution in [2.75, 3.05) is 6.54 Å². The molecule has 0 radical (unpaired) electrons. The van der Waals surface area contributed by atoms with Gasteiger partial charge in [-0.25, -0.2) is 0 Å². The predicted molar refractivity (Wildman–Crippen MR) is 81.6 cm³/mol. The number of aliphatic carboxylic acids is 1. The fraction of sp³-hybridized carbons (Fsp3) is 0.500. The molecule has 5 heteroatoms. The van der Waals surface area contributed by atoms with E-state index in [0.717, 1.165) is 12.0 Å². The Bertz CT molecular complexity index is 448. The number of hydrogen-bond acceptors (Lipinski definition) is 3. The zero-order chi connectivity index (χ0) is 15.7. The largest absolute Gasteiger partial charge is 0.481 e. The lowest BCUT2D eigenvalue weighted by Gasteiger charge is -2.19. The van der Waals surface area contributed by atoms with Gasteiger partial charge in [-0.3, -0.25) is 9.59 Å². The highest BCUT2D eigenvalue weighted by Gasteiger charge is 2.16. The monoisotopic (exact) mass is 292 g/mol. The summed E-state index contributed by atoms with van der Waals surface area (Å²) in [6.07, 6.45) is 1.56. The van der Waals surface area contributed by atoms with Crippen LogP contribution in [0.25, 0.3) is 0 Å². The molecule has 1 amide bonds. The van der Waals surface area contributed by atoms with Crippen LogP contribution >= 0.6 is 0 Å². The molecule has 0 aromatic heterocycles. The zero-order valence-electron chi connectivity index (χ0n) is 12.4. The van der Waals surface area contributed by atoms with E-state index >= 15 is 0 Å². The smallest absolute Gasteiger partial charge is 0.303 e. The van der Waals surface area contributed by atoms with E-state index in [-0.39, 0.29) is 18.4 Å². The molecule has 0 aliphatic heterocycles. The van der Waals surface area contributed by atoms with Crippen molar-refractivity contribution in [1.29, 1.82) is 0 Å². The summed E-state index contributed by atoms with van der Waals surface area (Å²) in [5.74, 6) is -0.610. The number of benzene rings is 1. The normalized spacial score (nSPS) is 13.4. The standard InChI is InChI=1S/C16H24N2O3/c1-12(11-17)7-9-15(19)18-14(8-10-16(20)21)13-5-3-2-4-6-13/h2-6,12,14H,7-11,17H2,1H3,(H,18,19)(H,20,21). The number of amides is 1. The Morgan fingerprint density at radius 1 is 1.19 bits per heavy atom. The molecule has 0 heterocycles. The van der Waals surface area contributed by atoms with Crippen molar-refractivity contribution in [2.45, 2.75) is 38.6 Å². The minimum absolute atomic E-state index is 0.0268. The number of carboxylic acid groups (broad SMARTS) is 1. The highest BCUT2D eigenvalue weighted by atomic mass is 16.4. The fourth-order valence-electron chi connectivity index (χ4n) is 2.04. The number of carbonyl (C=O) groups excluding carboxylic acids is 1. The van der Waals surface area contributed by atoms with Gasteiger partial charge in [0.15, 0.2) is 0 Å². The molecule has 1 rings (SSSR count). The Hall–Kier alpha value is -1.88. The lowest BCUT2D eigenvalue weighted by Crippen LogP contribution is -2.29. The van der Waals surface area contributed by atoms with E-state index in [4.69, 9.17) is 10.8 Å². The van der Waals surface area contributed by atoms with Crippen molar-refractivity contribution in [3.63, 3.8) is 0 Å². The maximum Gasteiger partial charge on any atom is 0.303 e. The number of carbonyl (C=O) groups is 2. The fourth-order valence-corrected chi connectivity index (χ4v) is 2.04. The van der Waals surface area contributed by atoms with E-state index in [2.05, 4.69) is 5.32 Å². The summed E-state index contributed by atoms with van der Waals surface area (Å²) in [7, 11) is 0. The third-order valence-electron chi connectivity index (χ3n) is 3.45. The quantitative estimate of drug-likeness (QED) is 0.649. The van der Waals surface area contributed by atoms with Gasteiger partial charge in [-0.2, -0.15) is 0 Å². The van der Waals surface area contributed by atoms with Crippen LogP contribution in [0.15, 0.2) is 30.3 Å². The van der Waals surface area contributed by atoms with Crippen LogP contribution in [-0.4, -0.2) is 23.5 Å². The molecule has 0 aliphatic carbocycles. The number of rotatable bonds is 9. The van der Waals surface area contributed by atoms with Gasteiger partial charge < -0.3 is 16.2 Å². The predicted octanol–water partition coefficient (Wildman–Crippen LogP) is 2.08. The topological polar surface area (TPSA) is 92.4 Å². The summed E-state index contributed by atoms with van der Waals surface area (Å²) >= 11 is 0. The first-order valence-electron chi connectivity index (χ1n) is 7.29. The maximum atomic E-state index is 12.0. The van der Waals surface area contributed by atoms with E-state index < -0.39 is 5.97 Å². The van der Waals surface area contributed by atoms with Gasteiger partial charge in [-0.1, -0.05) is 37.3 Å². The summed E-state index contributed by atoms with van der Waals surface area (Å²) < 4.78 is 0. The van der Waals surface area contributed by atoms with E-state index in [1.165, 1.54) is 0 Å². The van der Waals surface area contributed by atoms with Crippen LogP contribution in [0, 0.1) is 5.92 Å². The van der Waals surface area contributed by atoms with Crippen molar-refractivity contribution in [3.05, 3.63) is 35.9 Å². The number of nitrogens with one attached hydrogen (secondary N) is 1. The van der Waals surface area contributed by atoms with Crippen LogP contribution in [0.4, 0.5) is 0 Å². The third-order valence-corrected chi connectivity index (χ3v) is 3.45. The van der Waals surface area contributed by atoms with Crippen LogP contribution in [0.5, 0.6) is 0 Å². The summed E-state index contributed by atoms with van der Waals surface area (Å²) in [5, 5.41) is 11.7. The second-order valence-electron chi connectivity index (χ2n) is 5.34. The van der Waals surface area contributed by atoms with Crippen LogP contribution < -0.4 is 11.1 Å². The maximum absolute atomic E-state index is 12.0. The molecule has 2 unspecified atom stereocenters. The molecule has 1 aromatic carbocycles. The molecule has 21 heavy (non-hydrogen) atoms. The van der Waals surface area contributed by atoms with Crippen LogP contribution in [0.2, 0.25) is 0 Å². The summed E-state index contributed by atoms with van der Waals surface area (Å²) in [5.41, 5.74) is 6.46. The van der Waals surface area contributed by atoms with E-state index in [9.17, 15) is 9.59 Å². The minimum atomic E-state index is -0.859. The first-order valence-corrected chi connectivity index (χ1v) is 7.29. The van der Waals surface area contributed by atoms with Crippen LogP contribution in [-0.2, 0) is 9.59 Å². The molecule has 0 spiro atoms. The Morgan fingerprint density at radius 2 is 1.86 bits per heavy atom. The molecule has 116 valence electrons. The summed E-state index contributed by atoms with van der Waals surface area (Å²) in [4.78, 5) is 22.7. The van der Waals surface area contributed by atoms with Crippen molar-refractivity contribution in [1.82, 2.24) is 5.32 Å². The minimum Gasteiger partial charge on any atom is -0.481 e. The van der Waals surface area contributed by atoms with Crippen molar-refractivity contribution in [3.8, 4) is 0 Å². The number of carboxylic acids is 1. The molecule has 0 bridgehead atoms. The number of nitrogens with two attached hydrogens (primary N) is 1. The van der Waals surface area contributed by atoms with Gasteiger partial charge in [0.25, 0.3) is 0 Å². The van der Waals surface area contributed by atoms with Crippen molar-refractivity contribution in [2.24, 2.45) is 11.7 Å². The molecule has 0 fully saturated rings. The number of hydrogen-bond donors (Lipinski definition) is 3. The molecule has 4 N–H and O–H groups in total. The third kappa shape index (κ3) is 6.90. The Labute approximate surface area is 125 Å². The summed E-state index contributed by atoms with van der Waals surface area (Å²) in [6, 6.07) is 9.19. The van der Waals surface area contributed by atoms with Crippen molar-refractivity contribution < 1.29 is 14.7 Å². The molecular weight excluding hydrogens is 268 g/mol. The van der Waals surface area contributed by atoms with E-state index in [1.807, 2.05) is 37.3 Å². The van der Waals surface area contributed by atoms with Crippen LogP contribution in [0.3, 0.4) is 0 Å². The molecule has 0 aliphatic rings. The van der Waals surface area contributed by atoms with E-state index in [0.29, 0.717) is 25.3 Å². The highest BCUT2D eigenvalue weighted by Crippen LogP contribution is 2.19. The second-order valence-corrected chi connectivity index (χ2v) is 5.34. The lowest BCUT2D eigenvalue weighted by molar-refractivity contribution is -0.137. The molecule has 5 nitrogen and oxygen atoms in total. The molecule has 0 saturated carbocycles. The molecule has 0 saturated heterocycles. The lowest BCUT2D eigenvalue weighted by atomic mass is 10.0. The first kappa shape index (κ1) is 17.2.